The van der Waals surface area contributed by atoms with Crippen LogP contribution >= 0.6 is 0 Å². The van der Waals surface area contributed by atoms with Crippen molar-refractivity contribution in [2.45, 2.75) is 57.3 Å². The highest BCUT2D eigenvalue weighted by atomic mass is 14.4. The minimum Gasteiger partial charge on any atom is -0.103 e. The van der Waals surface area contributed by atoms with Gasteiger partial charge in [-0.1, -0.05) is 48.3 Å². The van der Waals surface area contributed by atoms with Gasteiger partial charge in [-0.15, -0.1) is 13.2 Å². The zero-order valence-corrected chi connectivity index (χ0v) is 18.2. The van der Waals surface area contributed by atoms with Crippen LogP contribution in [0.1, 0.15) is 73.1 Å². The van der Waals surface area contributed by atoms with Crippen LogP contribution in [0.4, 0.5) is 0 Å². The number of allylic oxidation sites excluding steroid dienone is 2. The van der Waals surface area contributed by atoms with Crippen molar-refractivity contribution >= 4 is 0 Å². The summed E-state index contributed by atoms with van der Waals surface area (Å²) in [5.41, 5.74) is 5.04. The van der Waals surface area contributed by atoms with Crippen molar-refractivity contribution in [1.82, 2.24) is 0 Å². The molecule has 0 aliphatic heterocycles. The van der Waals surface area contributed by atoms with Crippen molar-refractivity contribution in [1.29, 1.82) is 0 Å². The molecule has 2 fully saturated rings. The summed E-state index contributed by atoms with van der Waals surface area (Å²) in [6.07, 6.45) is 14.5. The van der Waals surface area contributed by atoms with Gasteiger partial charge in [0.15, 0.2) is 0 Å². The molecule has 154 valence electrons. The van der Waals surface area contributed by atoms with E-state index >= 15 is 0 Å². The highest BCUT2D eigenvalue weighted by Crippen LogP contribution is 2.47. The maximum absolute atomic E-state index is 4.03. The summed E-state index contributed by atoms with van der Waals surface area (Å²) in [5, 5.41) is 0. The van der Waals surface area contributed by atoms with E-state index in [1.807, 2.05) is 6.08 Å². The topological polar surface area (TPSA) is 0 Å². The number of aryl methyl sites for hydroxylation is 1. The smallest absolute Gasteiger partial charge is 0.0249 e. The van der Waals surface area contributed by atoms with Gasteiger partial charge in [0.25, 0.3) is 0 Å². The molecule has 2 aliphatic rings. The minimum absolute atomic E-state index is 0.733. The van der Waals surface area contributed by atoms with Crippen LogP contribution in [0.15, 0.2) is 73.8 Å². The summed E-state index contributed by atoms with van der Waals surface area (Å²) in [7, 11) is 0. The van der Waals surface area contributed by atoms with Crippen molar-refractivity contribution in [3.8, 4) is 11.8 Å². The average Bonchev–Trinajstić information content (AvgIpc) is 2.81. The molecule has 4 unspecified atom stereocenters. The Morgan fingerprint density at radius 2 is 1.40 bits per heavy atom. The zero-order valence-electron chi connectivity index (χ0n) is 18.2. The van der Waals surface area contributed by atoms with Crippen molar-refractivity contribution in [2.24, 2.45) is 17.8 Å². The maximum atomic E-state index is 4.03. The fourth-order valence-electron chi connectivity index (χ4n) is 5.45. The van der Waals surface area contributed by atoms with E-state index in [1.165, 1.54) is 49.7 Å². The Morgan fingerprint density at radius 1 is 0.767 bits per heavy atom. The molecule has 0 nitrogen and oxygen atoms in total. The van der Waals surface area contributed by atoms with E-state index in [0.29, 0.717) is 0 Å². The number of hydrogen-bond donors (Lipinski definition) is 0. The molecular formula is C30H34. The van der Waals surface area contributed by atoms with Crippen LogP contribution < -0.4 is 0 Å². The van der Waals surface area contributed by atoms with Crippen LogP contribution in [0.25, 0.3) is 0 Å². The third-order valence-corrected chi connectivity index (χ3v) is 7.31. The monoisotopic (exact) mass is 394 g/mol. The Morgan fingerprint density at radius 3 is 2.07 bits per heavy atom. The van der Waals surface area contributed by atoms with E-state index < -0.39 is 0 Å². The molecule has 30 heavy (non-hydrogen) atoms. The summed E-state index contributed by atoms with van der Waals surface area (Å²) in [6.45, 7) is 7.82. The number of hydrogen-bond acceptors (Lipinski definition) is 0. The first-order chi connectivity index (χ1) is 14.7. The van der Waals surface area contributed by atoms with Gasteiger partial charge in [-0.2, -0.15) is 0 Å². The normalized spacial score (nSPS) is 25.5. The second-order valence-corrected chi connectivity index (χ2v) is 9.24. The van der Waals surface area contributed by atoms with Gasteiger partial charge in [0, 0.05) is 11.1 Å². The third kappa shape index (κ3) is 5.14. The van der Waals surface area contributed by atoms with Crippen LogP contribution in [0, 0.1) is 29.6 Å². The van der Waals surface area contributed by atoms with Crippen molar-refractivity contribution in [2.75, 3.05) is 0 Å². The lowest BCUT2D eigenvalue weighted by Gasteiger charge is -2.41. The van der Waals surface area contributed by atoms with Crippen LogP contribution in [0.2, 0.25) is 0 Å². The second-order valence-electron chi connectivity index (χ2n) is 9.24. The summed E-state index contributed by atoms with van der Waals surface area (Å²) < 4.78 is 0. The predicted molar refractivity (Wildman–Crippen MR) is 128 cm³/mol. The minimum atomic E-state index is 0.733. The molecule has 0 heteroatoms. The lowest BCUT2D eigenvalue weighted by Crippen LogP contribution is -2.29. The Labute approximate surface area is 183 Å². The van der Waals surface area contributed by atoms with Gasteiger partial charge in [0.05, 0.1) is 0 Å². The van der Waals surface area contributed by atoms with Crippen molar-refractivity contribution in [3.63, 3.8) is 0 Å². The first kappa shape index (κ1) is 20.7. The Kier molecular flexibility index (Phi) is 6.91. The maximum Gasteiger partial charge on any atom is 0.0249 e. The molecule has 0 bridgehead atoms. The second kappa shape index (κ2) is 9.99. The molecule has 4 atom stereocenters. The van der Waals surface area contributed by atoms with Crippen molar-refractivity contribution < 1.29 is 0 Å². The van der Waals surface area contributed by atoms with Crippen LogP contribution in [0.3, 0.4) is 0 Å². The predicted octanol–water partition coefficient (Wildman–Crippen LogP) is 7.69. The lowest BCUT2D eigenvalue weighted by atomic mass is 9.64. The third-order valence-electron chi connectivity index (χ3n) is 7.31. The van der Waals surface area contributed by atoms with E-state index in [4.69, 9.17) is 0 Å². The molecule has 0 N–H and O–H groups in total. The zero-order chi connectivity index (χ0) is 20.8. The molecule has 2 aromatic carbocycles. The molecule has 2 aliphatic carbocycles. The molecule has 2 saturated carbocycles. The molecular weight excluding hydrogens is 360 g/mol. The Bertz CT molecular complexity index is 903. The Hall–Kier alpha value is -2.52. The van der Waals surface area contributed by atoms with E-state index in [2.05, 4.69) is 79.6 Å². The van der Waals surface area contributed by atoms with Gasteiger partial charge in [0.2, 0.25) is 0 Å². The van der Waals surface area contributed by atoms with Gasteiger partial charge in [-0.3, -0.25) is 0 Å². The summed E-state index contributed by atoms with van der Waals surface area (Å²) >= 11 is 0. The standard InChI is InChI=1S/C30H34/c1-3-5-6-24-7-9-25(10-8-24)11-12-26-14-16-27(17-15-26)29-20-19-28-21-23(4-2)13-18-30(28)22-29/h3-4,7-10,14-17,23,28-30H,1-2,5-6,13,18-22H2. The van der Waals surface area contributed by atoms with Crippen LogP contribution in [-0.4, -0.2) is 0 Å². The van der Waals surface area contributed by atoms with Gasteiger partial charge < -0.3 is 0 Å². The molecule has 0 heterocycles. The summed E-state index contributed by atoms with van der Waals surface area (Å²) in [6, 6.07) is 17.7. The SMILES string of the molecule is C=CCCc1ccc(C#Cc2ccc(C3CCC4CC(C=C)CCC4C3)cc2)cc1. The average molecular weight is 395 g/mol. The van der Waals surface area contributed by atoms with Crippen LogP contribution in [-0.2, 0) is 6.42 Å². The molecule has 0 saturated heterocycles. The fraction of sp³-hybridized carbons (Fsp3) is 0.400. The first-order valence-electron chi connectivity index (χ1n) is 11.7. The fourth-order valence-corrected chi connectivity index (χ4v) is 5.45. The van der Waals surface area contributed by atoms with E-state index in [1.54, 1.807) is 0 Å². The quantitative estimate of drug-likeness (QED) is 0.360. The summed E-state index contributed by atoms with van der Waals surface area (Å²) in [5.74, 6) is 10.0. The number of fused-ring (bicyclic) bond motifs is 1. The number of rotatable bonds is 5. The Balaban J connectivity index is 1.35. The molecule has 0 spiro atoms. The lowest BCUT2D eigenvalue weighted by molar-refractivity contribution is 0.133. The highest BCUT2D eigenvalue weighted by Gasteiger charge is 2.35. The first-order valence-corrected chi connectivity index (χ1v) is 11.7. The van der Waals surface area contributed by atoms with Crippen molar-refractivity contribution in [3.05, 3.63) is 96.1 Å². The van der Waals surface area contributed by atoms with Crippen LogP contribution in [0.5, 0.6) is 0 Å². The van der Waals surface area contributed by atoms with E-state index in [0.717, 1.165) is 47.6 Å². The largest absolute Gasteiger partial charge is 0.103 e. The molecule has 0 radical (unpaired) electrons. The van der Waals surface area contributed by atoms with Gasteiger partial charge in [-0.05, 0) is 110 Å². The highest BCUT2D eigenvalue weighted by molar-refractivity contribution is 5.44. The van der Waals surface area contributed by atoms with E-state index in [9.17, 15) is 0 Å². The molecule has 0 aromatic heterocycles. The van der Waals surface area contributed by atoms with E-state index in [-0.39, 0.29) is 0 Å². The molecule has 4 rings (SSSR count). The molecule has 2 aromatic rings. The molecule has 0 amide bonds. The number of benzene rings is 2. The van der Waals surface area contributed by atoms with Gasteiger partial charge in [0.1, 0.15) is 0 Å². The summed E-state index contributed by atoms with van der Waals surface area (Å²) in [4.78, 5) is 0. The van der Waals surface area contributed by atoms with Gasteiger partial charge in [-0.25, -0.2) is 0 Å². The van der Waals surface area contributed by atoms with Gasteiger partial charge >= 0.3 is 0 Å².